The summed E-state index contributed by atoms with van der Waals surface area (Å²) >= 11 is 0. The summed E-state index contributed by atoms with van der Waals surface area (Å²) in [6, 6.07) is 7.11. The number of phenols is 2. The number of allylic oxidation sites excluding steroid dienone is 6. The van der Waals surface area contributed by atoms with E-state index in [2.05, 4.69) is 12.2 Å². The zero-order valence-electron chi connectivity index (χ0n) is 21.2. The van der Waals surface area contributed by atoms with Crippen molar-refractivity contribution in [1.82, 2.24) is 0 Å². The number of carbonyl (C=O) groups is 1. The van der Waals surface area contributed by atoms with E-state index < -0.39 is 6.10 Å². The van der Waals surface area contributed by atoms with Crippen molar-refractivity contribution in [2.45, 2.75) is 73.3 Å². The van der Waals surface area contributed by atoms with Gasteiger partial charge in [-0.05, 0) is 102 Å². The third-order valence-electron chi connectivity index (χ3n) is 6.00. The van der Waals surface area contributed by atoms with Crippen LogP contribution in [-0.4, -0.2) is 16.0 Å². The summed E-state index contributed by atoms with van der Waals surface area (Å²) in [5.41, 5.74) is 7.12. The fourth-order valence-electron chi connectivity index (χ4n) is 4.04. The van der Waals surface area contributed by atoms with Crippen LogP contribution in [0.4, 0.5) is 0 Å². The SMILES string of the molecule is CC(C)=CCc1cc([C@@H]2CC(=O)c3ccc(O)c(CC=C(C)C)c3O2)cc(CC=C(C)C)c1O. The van der Waals surface area contributed by atoms with Gasteiger partial charge in [0.15, 0.2) is 5.78 Å². The molecule has 3 rings (SSSR count). The lowest BCUT2D eigenvalue weighted by atomic mass is 9.90. The van der Waals surface area contributed by atoms with Crippen molar-refractivity contribution in [3.63, 3.8) is 0 Å². The quantitative estimate of drug-likeness (QED) is 0.425. The summed E-state index contributed by atoms with van der Waals surface area (Å²) in [4.78, 5) is 13.1. The Morgan fingerprint density at radius 2 is 1.41 bits per heavy atom. The topological polar surface area (TPSA) is 66.8 Å². The first kappa shape index (κ1) is 25.4. The number of ether oxygens (including phenoxy) is 1. The van der Waals surface area contributed by atoms with Crippen LogP contribution in [0.3, 0.4) is 0 Å². The molecule has 4 nitrogen and oxygen atoms in total. The van der Waals surface area contributed by atoms with Gasteiger partial charge in [0.2, 0.25) is 0 Å². The van der Waals surface area contributed by atoms with Gasteiger partial charge in [0.1, 0.15) is 23.4 Å². The van der Waals surface area contributed by atoms with Gasteiger partial charge in [-0.3, -0.25) is 4.79 Å². The van der Waals surface area contributed by atoms with Crippen LogP contribution in [-0.2, 0) is 19.3 Å². The van der Waals surface area contributed by atoms with Crippen molar-refractivity contribution >= 4 is 5.78 Å². The van der Waals surface area contributed by atoms with E-state index in [1.807, 2.05) is 59.8 Å². The zero-order valence-corrected chi connectivity index (χ0v) is 21.2. The number of hydrogen-bond acceptors (Lipinski definition) is 4. The molecule has 1 heterocycles. The molecule has 1 aliphatic rings. The Balaban J connectivity index is 2.07. The minimum absolute atomic E-state index is 0.00512. The highest BCUT2D eigenvalue weighted by molar-refractivity contribution is 6.00. The molecule has 0 spiro atoms. The van der Waals surface area contributed by atoms with Gasteiger partial charge in [-0.1, -0.05) is 34.9 Å². The average molecular weight is 461 g/mol. The van der Waals surface area contributed by atoms with Crippen LogP contribution >= 0.6 is 0 Å². The molecule has 2 N–H and O–H groups in total. The second-order valence-corrected chi connectivity index (χ2v) is 9.82. The Morgan fingerprint density at radius 1 is 0.882 bits per heavy atom. The van der Waals surface area contributed by atoms with Gasteiger partial charge in [-0.25, -0.2) is 0 Å². The standard InChI is InChI=1S/C30H36O4/c1-18(2)7-10-21-15-23(16-22(29(21)33)11-8-19(3)4)28-17-27(32)25-13-14-26(31)24(30(25)34-28)12-9-20(5)6/h7-9,13-16,28,31,33H,10-12,17H2,1-6H3/t28-/m0/s1. The Morgan fingerprint density at radius 3 is 1.94 bits per heavy atom. The van der Waals surface area contributed by atoms with E-state index in [4.69, 9.17) is 4.74 Å². The first-order chi connectivity index (χ1) is 16.1. The molecule has 0 amide bonds. The number of hydrogen-bond donors (Lipinski definition) is 2. The van der Waals surface area contributed by atoms with E-state index in [-0.39, 0.29) is 18.0 Å². The molecular formula is C30H36O4. The van der Waals surface area contributed by atoms with Gasteiger partial charge in [0.25, 0.3) is 0 Å². The summed E-state index contributed by atoms with van der Waals surface area (Å²) in [5.74, 6) is 0.880. The van der Waals surface area contributed by atoms with Gasteiger partial charge >= 0.3 is 0 Å². The third-order valence-corrected chi connectivity index (χ3v) is 6.00. The summed E-state index contributed by atoms with van der Waals surface area (Å²) in [6.45, 7) is 12.1. The van der Waals surface area contributed by atoms with Crippen molar-refractivity contribution in [1.29, 1.82) is 0 Å². The Labute approximate surface area is 203 Å². The van der Waals surface area contributed by atoms with Gasteiger partial charge in [-0.15, -0.1) is 0 Å². The van der Waals surface area contributed by atoms with Crippen molar-refractivity contribution in [3.8, 4) is 17.2 Å². The third kappa shape index (κ3) is 5.99. The molecular weight excluding hydrogens is 424 g/mol. The van der Waals surface area contributed by atoms with E-state index in [0.717, 1.165) is 22.3 Å². The summed E-state index contributed by atoms with van der Waals surface area (Å²) in [5, 5.41) is 21.5. The second-order valence-electron chi connectivity index (χ2n) is 9.82. The lowest BCUT2D eigenvalue weighted by Gasteiger charge is -2.28. The highest BCUT2D eigenvalue weighted by Crippen LogP contribution is 2.42. The molecule has 0 radical (unpaired) electrons. The summed E-state index contributed by atoms with van der Waals surface area (Å²) < 4.78 is 6.41. The molecule has 0 aliphatic carbocycles. The second kappa shape index (κ2) is 10.8. The highest BCUT2D eigenvalue weighted by Gasteiger charge is 2.31. The number of ketones is 1. The monoisotopic (exact) mass is 460 g/mol. The van der Waals surface area contributed by atoms with Crippen molar-refractivity contribution in [2.75, 3.05) is 0 Å². The van der Waals surface area contributed by atoms with Crippen LogP contribution in [0, 0.1) is 0 Å². The number of aromatic hydroxyl groups is 2. The van der Waals surface area contributed by atoms with E-state index in [0.29, 0.717) is 41.9 Å². The van der Waals surface area contributed by atoms with Crippen molar-refractivity contribution in [3.05, 3.63) is 87.0 Å². The molecule has 0 unspecified atom stereocenters. The maximum absolute atomic E-state index is 13.1. The van der Waals surface area contributed by atoms with Crippen LogP contribution in [0.5, 0.6) is 17.2 Å². The lowest BCUT2D eigenvalue weighted by molar-refractivity contribution is 0.0847. The first-order valence-electron chi connectivity index (χ1n) is 11.9. The molecule has 0 bridgehead atoms. The van der Waals surface area contributed by atoms with E-state index >= 15 is 0 Å². The summed E-state index contributed by atoms with van der Waals surface area (Å²) in [7, 11) is 0. The number of rotatable bonds is 7. The minimum atomic E-state index is -0.483. The molecule has 0 fully saturated rings. The molecule has 2 aromatic carbocycles. The largest absolute Gasteiger partial charge is 0.508 e. The number of phenolic OH excluding ortho intramolecular Hbond substituents is 2. The Kier molecular flexibility index (Phi) is 8.03. The van der Waals surface area contributed by atoms with Crippen molar-refractivity contribution < 1.29 is 19.7 Å². The van der Waals surface area contributed by atoms with E-state index in [9.17, 15) is 15.0 Å². The predicted molar refractivity (Wildman–Crippen MR) is 138 cm³/mol. The van der Waals surface area contributed by atoms with Crippen molar-refractivity contribution in [2.24, 2.45) is 0 Å². The molecule has 0 saturated carbocycles. The number of Topliss-reactive ketones (excluding diaryl/α,β-unsaturated/α-hetero) is 1. The molecule has 1 atom stereocenters. The number of fused-ring (bicyclic) bond motifs is 1. The molecule has 1 aliphatic heterocycles. The molecule has 180 valence electrons. The Hall–Kier alpha value is -3.27. The number of carbonyl (C=O) groups excluding carboxylic acids is 1. The summed E-state index contributed by atoms with van der Waals surface area (Å²) in [6.07, 6.45) is 7.62. The first-order valence-corrected chi connectivity index (χ1v) is 11.9. The van der Waals surface area contributed by atoms with Crippen LogP contribution in [0.15, 0.2) is 59.2 Å². The average Bonchev–Trinajstić information content (AvgIpc) is 2.76. The van der Waals surface area contributed by atoms with Crippen LogP contribution in [0.1, 0.15) is 86.7 Å². The molecule has 0 aromatic heterocycles. The van der Waals surface area contributed by atoms with Crippen LogP contribution in [0.2, 0.25) is 0 Å². The van der Waals surface area contributed by atoms with Gasteiger partial charge in [-0.2, -0.15) is 0 Å². The predicted octanol–water partition coefficient (Wildman–Crippen LogP) is 7.33. The fourth-order valence-corrected chi connectivity index (χ4v) is 4.04. The van der Waals surface area contributed by atoms with E-state index in [1.54, 1.807) is 12.1 Å². The smallest absolute Gasteiger partial charge is 0.170 e. The number of benzene rings is 2. The highest BCUT2D eigenvalue weighted by atomic mass is 16.5. The molecule has 4 heteroatoms. The van der Waals surface area contributed by atoms with Crippen LogP contribution < -0.4 is 4.74 Å². The van der Waals surface area contributed by atoms with Gasteiger partial charge in [0.05, 0.1) is 12.0 Å². The minimum Gasteiger partial charge on any atom is -0.508 e. The van der Waals surface area contributed by atoms with E-state index in [1.165, 1.54) is 11.1 Å². The van der Waals surface area contributed by atoms with Crippen LogP contribution in [0.25, 0.3) is 0 Å². The molecule has 2 aromatic rings. The molecule has 0 saturated heterocycles. The maximum atomic E-state index is 13.1. The van der Waals surface area contributed by atoms with Gasteiger partial charge in [0, 0.05) is 5.56 Å². The normalized spacial score (nSPS) is 14.6. The maximum Gasteiger partial charge on any atom is 0.170 e. The zero-order chi connectivity index (χ0) is 25.0. The fraction of sp³-hybridized carbons (Fsp3) is 0.367. The van der Waals surface area contributed by atoms with Gasteiger partial charge < -0.3 is 14.9 Å². The molecule has 34 heavy (non-hydrogen) atoms. The lowest BCUT2D eigenvalue weighted by Crippen LogP contribution is -2.22. The Bertz CT molecular complexity index is 1130.